The lowest BCUT2D eigenvalue weighted by Gasteiger charge is -2.33. The predicted molar refractivity (Wildman–Crippen MR) is 69.9 cm³/mol. The van der Waals surface area contributed by atoms with E-state index in [-0.39, 0.29) is 18.2 Å². The van der Waals surface area contributed by atoms with Crippen molar-refractivity contribution in [3.63, 3.8) is 0 Å². The van der Waals surface area contributed by atoms with Crippen molar-refractivity contribution in [1.82, 2.24) is 19.8 Å². The Morgan fingerprint density at radius 1 is 1.67 bits per heavy atom. The SMILES string of the molecule is C[C@@H]1CNCCN1Cc1c([N+](=O)[O-])ncn1C.Cl. The Labute approximate surface area is 112 Å². The van der Waals surface area contributed by atoms with Crippen molar-refractivity contribution in [2.75, 3.05) is 19.6 Å². The lowest BCUT2D eigenvalue weighted by atomic mass is 10.2. The fourth-order valence-electron chi connectivity index (χ4n) is 2.09. The summed E-state index contributed by atoms with van der Waals surface area (Å²) in [6, 6.07) is 0.387. The van der Waals surface area contributed by atoms with E-state index in [9.17, 15) is 10.1 Å². The summed E-state index contributed by atoms with van der Waals surface area (Å²) in [4.78, 5) is 16.5. The van der Waals surface area contributed by atoms with Crippen LogP contribution in [0.4, 0.5) is 5.82 Å². The van der Waals surface area contributed by atoms with Gasteiger partial charge in [-0.25, -0.2) is 0 Å². The van der Waals surface area contributed by atoms with Gasteiger partial charge in [0.05, 0.1) is 0 Å². The van der Waals surface area contributed by atoms with Crippen LogP contribution in [0.15, 0.2) is 6.33 Å². The maximum atomic E-state index is 10.9. The zero-order valence-electron chi connectivity index (χ0n) is 10.5. The monoisotopic (exact) mass is 275 g/mol. The van der Waals surface area contributed by atoms with Gasteiger partial charge in [0, 0.05) is 39.3 Å². The number of aromatic nitrogens is 2. The molecule has 2 rings (SSSR count). The van der Waals surface area contributed by atoms with Gasteiger partial charge in [0.2, 0.25) is 6.33 Å². The summed E-state index contributed by atoms with van der Waals surface area (Å²) in [7, 11) is 1.79. The van der Waals surface area contributed by atoms with E-state index in [0.29, 0.717) is 18.3 Å². The third kappa shape index (κ3) is 2.98. The van der Waals surface area contributed by atoms with Gasteiger partial charge in [0.15, 0.2) is 0 Å². The van der Waals surface area contributed by atoms with Gasteiger partial charge < -0.3 is 20.0 Å². The van der Waals surface area contributed by atoms with Crippen molar-refractivity contribution < 1.29 is 4.92 Å². The fraction of sp³-hybridized carbons (Fsp3) is 0.700. The highest BCUT2D eigenvalue weighted by molar-refractivity contribution is 5.85. The molecule has 1 saturated heterocycles. The molecule has 0 unspecified atom stereocenters. The van der Waals surface area contributed by atoms with Gasteiger partial charge in [-0.15, -0.1) is 12.4 Å². The molecule has 0 spiro atoms. The number of nitrogens with zero attached hydrogens (tertiary/aromatic N) is 4. The summed E-state index contributed by atoms with van der Waals surface area (Å²) >= 11 is 0. The van der Waals surface area contributed by atoms with Crippen LogP contribution in [0.2, 0.25) is 0 Å². The molecule has 18 heavy (non-hydrogen) atoms. The van der Waals surface area contributed by atoms with E-state index >= 15 is 0 Å². The van der Waals surface area contributed by atoms with E-state index in [4.69, 9.17) is 0 Å². The van der Waals surface area contributed by atoms with Crippen molar-refractivity contribution in [1.29, 1.82) is 0 Å². The molecule has 1 aliphatic rings. The molecule has 0 bridgehead atoms. The summed E-state index contributed by atoms with van der Waals surface area (Å²) in [6.07, 6.45) is 1.50. The van der Waals surface area contributed by atoms with Crippen LogP contribution in [0.3, 0.4) is 0 Å². The van der Waals surface area contributed by atoms with Crippen molar-refractivity contribution in [3.8, 4) is 0 Å². The van der Waals surface area contributed by atoms with E-state index in [1.54, 1.807) is 11.6 Å². The second kappa shape index (κ2) is 6.12. The Hall–Kier alpha value is -1.18. The van der Waals surface area contributed by atoms with E-state index in [1.165, 1.54) is 6.33 Å². The summed E-state index contributed by atoms with van der Waals surface area (Å²) in [5.41, 5.74) is 0.670. The number of hydrogen-bond donors (Lipinski definition) is 1. The van der Waals surface area contributed by atoms with Crippen LogP contribution < -0.4 is 5.32 Å². The quantitative estimate of drug-likeness (QED) is 0.644. The summed E-state index contributed by atoms with van der Waals surface area (Å²) < 4.78 is 1.73. The molecule has 2 heterocycles. The van der Waals surface area contributed by atoms with Crippen molar-refractivity contribution in [2.24, 2.45) is 7.05 Å². The molecule has 1 atom stereocenters. The summed E-state index contributed by atoms with van der Waals surface area (Å²) in [5, 5.41) is 14.2. The summed E-state index contributed by atoms with van der Waals surface area (Å²) in [6.45, 7) is 5.45. The van der Waals surface area contributed by atoms with Gasteiger partial charge in [0.25, 0.3) is 0 Å². The third-order valence-corrected chi connectivity index (χ3v) is 3.20. The maximum Gasteiger partial charge on any atom is 0.386 e. The maximum absolute atomic E-state index is 10.9. The van der Waals surface area contributed by atoms with Crippen LogP contribution in [0, 0.1) is 10.1 Å². The predicted octanol–water partition coefficient (Wildman–Crippen LogP) is 0.544. The van der Waals surface area contributed by atoms with Crippen LogP contribution in [-0.2, 0) is 13.6 Å². The standard InChI is InChI=1S/C10H17N5O2.ClH/c1-8-5-11-3-4-14(8)6-9-10(15(16)17)12-7-13(9)2;/h7-8,11H,3-6H2,1-2H3;1H/t8-;/m1./s1. The first-order valence-electron chi connectivity index (χ1n) is 5.69. The Morgan fingerprint density at radius 2 is 2.39 bits per heavy atom. The number of nitro groups is 1. The number of imidazole rings is 1. The zero-order valence-corrected chi connectivity index (χ0v) is 11.3. The van der Waals surface area contributed by atoms with Gasteiger partial charge in [-0.05, 0) is 16.8 Å². The Bertz CT molecular complexity index is 422. The average molecular weight is 276 g/mol. The molecule has 1 aliphatic heterocycles. The van der Waals surface area contributed by atoms with E-state index < -0.39 is 4.92 Å². The smallest absolute Gasteiger partial charge is 0.358 e. The molecule has 0 radical (unpaired) electrons. The zero-order chi connectivity index (χ0) is 12.4. The van der Waals surface area contributed by atoms with Crippen molar-refractivity contribution in [3.05, 3.63) is 22.1 Å². The van der Waals surface area contributed by atoms with Gasteiger partial charge in [-0.3, -0.25) is 4.90 Å². The van der Waals surface area contributed by atoms with Crippen molar-refractivity contribution >= 4 is 18.2 Å². The van der Waals surface area contributed by atoms with Crippen LogP contribution in [0.5, 0.6) is 0 Å². The third-order valence-electron chi connectivity index (χ3n) is 3.20. The minimum Gasteiger partial charge on any atom is -0.358 e. The molecule has 1 aromatic rings. The van der Waals surface area contributed by atoms with Gasteiger partial charge in [-0.2, -0.15) is 0 Å². The minimum absolute atomic E-state index is 0. The van der Waals surface area contributed by atoms with Gasteiger partial charge >= 0.3 is 5.82 Å². The lowest BCUT2D eigenvalue weighted by Crippen LogP contribution is -2.49. The molecule has 0 amide bonds. The molecule has 7 nitrogen and oxygen atoms in total. The van der Waals surface area contributed by atoms with Crippen LogP contribution in [0.25, 0.3) is 0 Å². The van der Waals surface area contributed by atoms with Crippen molar-refractivity contribution in [2.45, 2.75) is 19.5 Å². The highest BCUT2D eigenvalue weighted by atomic mass is 35.5. The van der Waals surface area contributed by atoms with E-state index in [0.717, 1.165) is 19.6 Å². The molecular formula is C10H18ClN5O2. The topological polar surface area (TPSA) is 76.2 Å². The van der Waals surface area contributed by atoms with E-state index in [1.807, 2.05) is 0 Å². The van der Waals surface area contributed by atoms with Crippen LogP contribution in [0.1, 0.15) is 12.6 Å². The number of halogens is 1. The number of aryl methyl sites for hydroxylation is 1. The largest absolute Gasteiger partial charge is 0.386 e. The molecule has 0 aromatic carbocycles. The molecule has 0 aliphatic carbocycles. The first-order chi connectivity index (χ1) is 8.09. The highest BCUT2D eigenvalue weighted by Gasteiger charge is 2.25. The molecule has 1 aromatic heterocycles. The highest BCUT2D eigenvalue weighted by Crippen LogP contribution is 2.18. The average Bonchev–Trinajstić information content (AvgIpc) is 2.64. The number of nitrogens with one attached hydrogen (secondary N) is 1. The number of hydrogen-bond acceptors (Lipinski definition) is 5. The molecule has 0 saturated carbocycles. The molecule has 102 valence electrons. The molecule has 1 N–H and O–H groups in total. The van der Waals surface area contributed by atoms with Gasteiger partial charge in [-0.1, -0.05) is 0 Å². The Kier molecular flexibility index (Phi) is 5.06. The van der Waals surface area contributed by atoms with Crippen LogP contribution >= 0.6 is 12.4 Å². The first-order valence-corrected chi connectivity index (χ1v) is 5.69. The fourth-order valence-corrected chi connectivity index (χ4v) is 2.09. The second-order valence-electron chi connectivity index (χ2n) is 4.41. The Morgan fingerprint density at radius 3 is 3.00 bits per heavy atom. The number of rotatable bonds is 3. The minimum atomic E-state index is -0.414. The van der Waals surface area contributed by atoms with Gasteiger partial charge in [0.1, 0.15) is 5.69 Å². The lowest BCUT2D eigenvalue weighted by molar-refractivity contribution is -0.390. The second-order valence-corrected chi connectivity index (χ2v) is 4.41. The number of piperazine rings is 1. The molecule has 1 fully saturated rings. The first kappa shape index (κ1) is 14.9. The molecule has 8 heteroatoms. The normalized spacial score (nSPS) is 20.4. The van der Waals surface area contributed by atoms with E-state index in [2.05, 4.69) is 22.1 Å². The Balaban J connectivity index is 0.00000162. The summed E-state index contributed by atoms with van der Waals surface area (Å²) in [5.74, 6) is -0.0294. The molecular weight excluding hydrogens is 258 g/mol. The van der Waals surface area contributed by atoms with Crippen LogP contribution in [-0.4, -0.2) is 45.1 Å².